The summed E-state index contributed by atoms with van der Waals surface area (Å²) in [6, 6.07) is 1.86. The maximum atomic E-state index is 11.9. The molecule has 126 valence electrons. The number of amides is 1. The van der Waals surface area contributed by atoms with Crippen LogP contribution in [0.2, 0.25) is 0 Å². The van der Waals surface area contributed by atoms with Crippen molar-refractivity contribution in [3.05, 3.63) is 17.5 Å². The smallest absolute Gasteiger partial charge is 0.273 e. The Hall–Kier alpha value is -1.32. The van der Waals surface area contributed by atoms with Crippen molar-refractivity contribution in [3.8, 4) is 0 Å². The van der Waals surface area contributed by atoms with Gasteiger partial charge in [-0.05, 0) is 20.3 Å². The van der Waals surface area contributed by atoms with Crippen LogP contribution in [-0.2, 0) is 0 Å². The number of nitrogens with zero attached hydrogens (tertiary/aromatic N) is 1. The van der Waals surface area contributed by atoms with Crippen LogP contribution < -0.4 is 5.32 Å². The molecule has 1 atom stereocenters. The lowest BCUT2D eigenvalue weighted by molar-refractivity contribution is 0.0928. The number of unbranched alkanes of at least 4 members (excludes halogenated alkanes) is 8. The molecule has 0 aliphatic carbocycles. The number of carbonyl (C=O) groups is 1. The predicted octanol–water partition coefficient (Wildman–Crippen LogP) is 5.02. The number of aromatic nitrogens is 1. The SMILES string of the molecule is CCCCCCCCCCC[C@H](C)NC(=O)c1cc(C)on1. The van der Waals surface area contributed by atoms with Crippen molar-refractivity contribution < 1.29 is 9.32 Å². The summed E-state index contributed by atoms with van der Waals surface area (Å²) in [4.78, 5) is 11.9. The van der Waals surface area contributed by atoms with E-state index in [-0.39, 0.29) is 11.9 Å². The van der Waals surface area contributed by atoms with Crippen LogP contribution in [0.15, 0.2) is 10.6 Å². The van der Waals surface area contributed by atoms with Gasteiger partial charge in [0.15, 0.2) is 5.69 Å². The van der Waals surface area contributed by atoms with Crippen LogP contribution in [0.1, 0.15) is 94.3 Å². The van der Waals surface area contributed by atoms with Gasteiger partial charge in [0, 0.05) is 12.1 Å². The first-order valence-corrected chi connectivity index (χ1v) is 8.87. The third-order valence-electron chi connectivity index (χ3n) is 3.98. The quantitative estimate of drug-likeness (QED) is 0.551. The van der Waals surface area contributed by atoms with Gasteiger partial charge in [0.05, 0.1) is 0 Å². The first-order chi connectivity index (χ1) is 10.6. The van der Waals surface area contributed by atoms with E-state index < -0.39 is 0 Å². The van der Waals surface area contributed by atoms with Crippen LogP contribution in [0.3, 0.4) is 0 Å². The van der Waals surface area contributed by atoms with Gasteiger partial charge in [0.1, 0.15) is 5.76 Å². The predicted molar refractivity (Wildman–Crippen MR) is 90.0 cm³/mol. The van der Waals surface area contributed by atoms with Crippen molar-refractivity contribution >= 4 is 5.91 Å². The van der Waals surface area contributed by atoms with Crippen LogP contribution >= 0.6 is 0 Å². The molecule has 0 aliphatic rings. The average Bonchev–Trinajstić information content (AvgIpc) is 2.92. The van der Waals surface area contributed by atoms with Crippen LogP contribution in [-0.4, -0.2) is 17.1 Å². The summed E-state index contributed by atoms with van der Waals surface area (Å²) in [5.41, 5.74) is 0.372. The molecule has 1 N–H and O–H groups in total. The van der Waals surface area contributed by atoms with Gasteiger partial charge in [0.25, 0.3) is 5.91 Å². The van der Waals surface area contributed by atoms with Crippen molar-refractivity contribution in [3.63, 3.8) is 0 Å². The molecule has 4 nitrogen and oxygen atoms in total. The monoisotopic (exact) mass is 308 g/mol. The minimum atomic E-state index is -0.139. The molecular weight excluding hydrogens is 276 g/mol. The van der Waals surface area contributed by atoms with Gasteiger partial charge in [-0.15, -0.1) is 0 Å². The van der Waals surface area contributed by atoms with E-state index >= 15 is 0 Å². The molecule has 1 aromatic heterocycles. The molecule has 1 heterocycles. The van der Waals surface area contributed by atoms with Gasteiger partial charge >= 0.3 is 0 Å². The molecule has 0 saturated heterocycles. The summed E-state index contributed by atoms with van der Waals surface area (Å²) in [5.74, 6) is 0.525. The molecule has 0 fully saturated rings. The maximum Gasteiger partial charge on any atom is 0.273 e. The summed E-state index contributed by atoms with van der Waals surface area (Å²) in [6.07, 6.45) is 13.0. The van der Waals surface area contributed by atoms with E-state index in [0.717, 1.165) is 6.42 Å². The molecule has 0 spiro atoms. The first kappa shape index (κ1) is 18.7. The Kier molecular flexibility index (Phi) is 9.60. The number of rotatable bonds is 12. The van der Waals surface area contributed by atoms with Gasteiger partial charge in [0.2, 0.25) is 0 Å². The molecule has 1 amide bonds. The molecule has 0 radical (unpaired) electrons. The van der Waals surface area contributed by atoms with Gasteiger partial charge in [-0.1, -0.05) is 69.9 Å². The Labute approximate surface area is 135 Å². The largest absolute Gasteiger partial charge is 0.361 e. The van der Waals surface area contributed by atoms with Crippen molar-refractivity contribution in [2.45, 2.75) is 91.0 Å². The highest BCUT2D eigenvalue weighted by molar-refractivity contribution is 5.92. The molecule has 0 aromatic carbocycles. The molecular formula is C18H32N2O2. The van der Waals surface area contributed by atoms with E-state index in [9.17, 15) is 4.79 Å². The second-order valence-electron chi connectivity index (χ2n) is 6.31. The van der Waals surface area contributed by atoms with E-state index in [2.05, 4.69) is 24.3 Å². The summed E-state index contributed by atoms with van der Waals surface area (Å²) < 4.78 is 4.92. The molecule has 1 aromatic rings. The number of hydrogen-bond acceptors (Lipinski definition) is 3. The van der Waals surface area contributed by atoms with Gasteiger partial charge in [-0.2, -0.15) is 0 Å². The number of hydrogen-bond donors (Lipinski definition) is 1. The Morgan fingerprint density at radius 1 is 1.14 bits per heavy atom. The van der Waals surface area contributed by atoms with Crippen LogP contribution in [0.5, 0.6) is 0 Å². The zero-order valence-electron chi connectivity index (χ0n) is 14.5. The summed E-state index contributed by atoms with van der Waals surface area (Å²) >= 11 is 0. The fourth-order valence-electron chi connectivity index (χ4n) is 2.60. The van der Waals surface area contributed by atoms with Crippen molar-refractivity contribution in [1.82, 2.24) is 10.5 Å². The lowest BCUT2D eigenvalue weighted by Gasteiger charge is -2.12. The second-order valence-corrected chi connectivity index (χ2v) is 6.31. The number of carbonyl (C=O) groups excluding carboxylic acids is 1. The van der Waals surface area contributed by atoms with Crippen molar-refractivity contribution in [1.29, 1.82) is 0 Å². The zero-order valence-corrected chi connectivity index (χ0v) is 14.5. The molecule has 22 heavy (non-hydrogen) atoms. The Bertz CT molecular complexity index is 415. The highest BCUT2D eigenvalue weighted by Crippen LogP contribution is 2.11. The zero-order chi connectivity index (χ0) is 16.2. The van der Waals surface area contributed by atoms with Crippen LogP contribution in [0.25, 0.3) is 0 Å². The highest BCUT2D eigenvalue weighted by atomic mass is 16.5. The third kappa shape index (κ3) is 8.20. The molecule has 1 rings (SSSR count). The fraction of sp³-hybridized carbons (Fsp3) is 0.778. The molecule has 0 unspecified atom stereocenters. The third-order valence-corrected chi connectivity index (χ3v) is 3.98. The van der Waals surface area contributed by atoms with E-state index in [1.807, 2.05) is 0 Å². The minimum Gasteiger partial charge on any atom is -0.361 e. The lowest BCUT2D eigenvalue weighted by Crippen LogP contribution is -2.32. The van der Waals surface area contributed by atoms with Crippen molar-refractivity contribution in [2.24, 2.45) is 0 Å². The van der Waals surface area contributed by atoms with E-state index in [4.69, 9.17) is 4.52 Å². The first-order valence-electron chi connectivity index (χ1n) is 8.87. The summed E-state index contributed by atoms with van der Waals surface area (Å²) in [5, 5.41) is 6.71. The number of aryl methyl sites for hydroxylation is 1. The van der Waals surface area contributed by atoms with Crippen LogP contribution in [0, 0.1) is 6.92 Å². The fourth-order valence-corrected chi connectivity index (χ4v) is 2.60. The Morgan fingerprint density at radius 2 is 1.73 bits per heavy atom. The topological polar surface area (TPSA) is 55.1 Å². The average molecular weight is 308 g/mol. The minimum absolute atomic E-state index is 0.139. The summed E-state index contributed by atoms with van der Waals surface area (Å²) in [7, 11) is 0. The Balaban J connectivity index is 1.99. The molecule has 0 bridgehead atoms. The molecule has 0 aliphatic heterocycles. The number of nitrogens with one attached hydrogen (secondary N) is 1. The Morgan fingerprint density at radius 3 is 2.27 bits per heavy atom. The normalized spacial score (nSPS) is 12.3. The van der Waals surface area contributed by atoms with Gasteiger partial charge in [-0.3, -0.25) is 4.79 Å². The maximum absolute atomic E-state index is 11.9. The standard InChI is InChI=1S/C18H32N2O2/c1-4-5-6-7-8-9-10-11-12-13-15(2)19-18(21)17-14-16(3)22-20-17/h14-15H,4-13H2,1-3H3,(H,19,21)/t15-/m0/s1. The summed E-state index contributed by atoms with van der Waals surface area (Å²) in [6.45, 7) is 6.09. The van der Waals surface area contributed by atoms with E-state index in [1.165, 1.54) is 57.8 Å². The lowest BCUT2D eigenvalue weighted by atomic mass is 10.0. The second kappa shape index (κ2) is 11.3. The van der Waals surface area contributed by atoms with E-state index in [0.29, 0.717) is 11.5 Å². The van der Waals surface area contributed by atoms with Gasteiger partial charge < -0.3 is 9.84 Å². The van der Waals surface area contributed by atoms with Gasteiger partial charge in [-0.25, -0.2) is 0 Å². The molecule has 4 heteroatoms. The van der Waals surface area contributed by atoms with E-state index in [1.54, 1.807) is 13.0 Å². The van der Waals surface area contributed by atoms with Crippen molar-refractivity contribution in [2.75, 3.05) is 0 Å². The van der Waals surface area contributed by atoms with Crippen LogP contribution in [0.4, 0.5) is 0 Å². The molecule has 0 saturated carbocycles. The highest BCUT2D eigenvalue weighted by Gasteiger charge is 2.13.